The summed E-state index contributed by atoms with van der Waals surface area (Å²) in [5, 5.41) is 0.365. The van der Waals surface area contributed by atoms with Crippen LogP contribution in [0.1, 0.15) is 38.7 Å². The van der Waals surface area contributed by atoms with Crippen molar-refractivity contribution in [1.29, 1.82) is 0 Å². The number of benzene rings is 1. The van der Waals surface area contributed by atoms with Gasteiger partial charge in [0.05, 0.1) is 4.90 Å². The minimum Gasteiger partial charge on any atom is -0.398 e. The average molecular weight is 305 g/mol. The first-order valence-electron chi connectivity index (χ1n) is 6.39. The Balaban J connectivity index is 3.07. The predicted molar refractivity (Wildman–Crippen MR) is 79.9 cm³/mol. The number of nitrogen functional groups attached to an aromatic ring is 1. The van der Waals surface area contributed by atoms with Crippen LogP contribution in [0, 0.1) is 6.92 Å². The largest absolute Gasteiger partial charge is 0.398 e. The molecule has 0 fully saturated rings. The molecule has 1 aromatic carbocycles. The first kappa shape index (κ1) is 16.3. The molecule has 1 aromatic rings. The summed E-state index contributed by atoms with van der Waals surface area (Å²) in [6.07, 6.45) is 2.49. The summed E-state index contributed by atoms with van der Waals surface area (Å²) in [6.45, 7) is 5.74. The second-order valence-corrected chi connectivity index (χ2v) is 6.76. The van der Waals surface area contributed by atoms with Crippen molar-refractivity contribution in [1.82, 2.24) is 4.72 Å². The Bertz CT molecular complexity index is 521. The fourth-order valence-electron chi connectivity index (χ4n) is 1.81. The third-order valence-electron chi connectivity index (χ3n) is 3.12. The van der Waals surface area contributed by atoms with Crippen LogP contribution in [0.3, 0.4) is 0 Å². The van der Waals surface area contributed by atoms with Gasteiger partial charge in [-0.25, -0.2) is 13.1 Å². The Kier molecular flexibility index (Phi) is 5.64. The van der Waals surface area contributed by atoms with Gasteiger partial charge in [0, 0.05) is 16.8 Å². The number of sulfonamides is 1. The Hall–Kier alpha value is -0.780. The minimum absolute atomic E-state index is 0.0590. The highest BCUT2D eigenvalue weighted by Gasteiger charge is 2.20. The van der Waals surface area contributed by atoms with Crippen molar-refractivity contribution in [3.63, 3.8) is 0 Å². The van der Waals surface area contributed by atoms with Crippen LogP contribution < -0.4 is 10.5 Å². The Morgan fingerprint density at radius 1 is 1.37 bits per heavy atom. The van der Waals surface area contributed by atoms with Gasteiger partial charge in [-0.05, 0) is 37.5 Å². The van der Waals surface area contributed by atoms with E-state index < -0.39 is 10.0 Å². The molecule has 1 rings (SSSR count). The maximum absolute atomic E-state index is 12.3. The van der Waals surface area contributed by atoms with Crippen molar-refractivity contribution in [2.75, 3.05) is 5.73 Å². The van der Waals surface area contributed by atoms with Crippen molar-refractivity contribution in [3.05, 3.63) is 22.7 Å². The van der Waals surface area contributed by atoms with Gasteiger partial charge in [-0.2, -0.15) is 0 Å². The molecule has 1 unspecified atom stereocenters. The molecular weight excluding hydrogens is 284 g/mol. The van der Waals surface area contributed by atoms with Crippen molar-refractivity contribution in [3.8, 4) is 0 Å². The number of hydrogen-bond donors (Lipinski definition) is 2. The van der Waals surface area contributed by atoms with Crippen molar-refractivity contribution in [2.24, 2.45) is 0 Å². The maximum Gasteiger partial charge on any atom is 0.240 e. The van der Waals surface area contributed by atoms with E-state index in [2.05, 4.69) is 4.72 Å². The first-order valence-corrected chi connectivity index (χ1v) is 8.25. The molecule has 19 heavy (non-hydrogen) atoms. The van der Waals surface area contributed by atoms with Crippen LogP contribution in [-0.4, -0.2) is 14.5 Å². The zero-order valence-corrected chi connectivity index (χ0v) is 13.1. The molecular formula is C13H21ClN2O2S. The Morgan fingerprint density at radius 2 is 2.00 bits per heavy atom. The standard InChI is InChI=1S/C13H21ClN2O2S/c1-4-6-10(5-2)16-19(17,18)11-7-12(14)9(3)13(15)8-11/h7-8,10,16H,4-6,15H2,1-3H3. The van der Waals surface area contributed by atoms with Crippen molar-refractivity contribution >= 4 is 27.3 Å². The summed E-state index contributed by atoms with van der Waals surface area (Å²) in [7, 11) is -3.57. The van der Waals surface area contributed by atoms with Gasteiger partial charge in [0.25, 0.3) is 0 Å². The number of halogens is 1. The minimum atomic E-state index is -3.57. The van der Waals surface area contributed by atoms with E-state index in [0.29, 0.717) is 16.3 Å². The van der Waals surface area contributed by atoms with Gasteiger partial charge in [0.2, 0.25) is 10.0 Å². The zero-order valence-electron chi connectivity index (χ0n) is 11.5. The third-order valence-corrected chi connectivity index (χ3v) is 5.01. The summed E-state index contributed by atoms with van der Waals surface area (Å²) in [5.41, 5.74) is 6.84. The second-order valence-electron chi connectivity index (χ2n) is 4.63. The van der Waals surface area contributed by atoms with Gasteiger partial charge in [-0.1, -0.05) is 31.9 Å². The lowest BCUT2D eigenvalue weighted by Gasteiger charge is -2.17. The van der Waals surface area contributed by atoms with E-state index in [-0.39, 0.29) is 10.9 Å². The van der Waals surface area contributed by atoms with Gasteiger partial charge >= 0.3 is 0 Å². The molecule has 0 spiro atoms. The molecule has 108 valence electrons. The molecule has 0 aliphatic rings. The molecule has 0 aliphatic heterocycles. The number of rotatable bonds is 6. The molecule has 4 nitrogen and oxygen atoms in total. The lowest BCUT2D eigenvalue weighted by atomic mass is 10.1. The third kappa shape index (κ3) is 4.09. The highest BCUT2D eigenvalue weighted by atomic mass is 35.5. The molecule has 0 saturated heterocycles. The van der Waals surface area contributed by atoms with Gasteiger partial charge < -0.3 is 5.73 Å². The lowest BCUT2D eigenvalue weighted by molar-refractivity contribution is 0.512. The van der Waals surface area contributed by atoms with Crippen LogP contribution in [0.2, 0.25) is 5.02 Å². The second kappa shape index (κ2) is 6.59. The maximum atomic E-state index is 12.3. The molecule has 6 heteroatoms. The van der Waals surface area contributed by atoms with E-state index >= 15 is 0 Å². The van der Waals surface area contributed by atoms with E-state index in [1.165, 1.54) is 12.1 Å². The molecule has 0 saturated carbocycles. The molecule has 0 heterocycles. The molecule has 0 amide bonds. The van der Waals surface area contributed by atoms with Crippen LogP contribution in [0.15, 0.2) is 17.0 Å². The van der Waals surface area contributed by atoms with Crippen LogP contribution in [0.25, 0.3) is 0 Å². The smallest absolute Gasteiger partial charge is 0.240 e. The highest BCUT2D eigenvalue weighted by molar-refractivity contribution is 7.89. The Morgan fingerprint density at radius 3 is 2.47 bits per heavy atom. The predicted octanol–water partition coefficient (Wildman–Crippen LogP) is 3.09. The average Bonchev–Trinajstić information content (AvgIpc) is 2.34. The molecule has 1 atom stereocenters. The fraction of sp³-hybridized carbons (Fsp3) is 0.538. The molecule has 3 N–H and O–H groups in total. The van der Waals surface area contributed by atoms with Gasteiger partial charge in [0.1, 0.15) is 0 Å². The first-order chi connectivity index (χ1) is 8.81. The topological polar surface area (TPSA) is 72.2 Å². The normalized spacial score (nSPS) is 13.5. The van der Waals surface area contributed by atoms with Gasteiger partial charge in [-0.3, -0.25) is 0 Å². The summed E-state index contributed by atoms with van der Waals surface area (Å²) < 4.78 is 27.2. The van der Waals surface area contributed by atoms with Crippen molar-refractivity contribution in [2.45, 2.75) is 51.0 Å². The van der Waals surface area contributed by atoms with Crippen LogP contribution in [-0.2, 0) is 10.0 Å². The molecule has 0 bridgehead atoms. The summed E-state index contributed by atoms with van der Waals surface area (Å²) >= 11 is 5.98. The number of hydrogen-bond acceptors (Lipinski definition) is 3. The molecule has 0 radical (unpaired) electrons. The van der Waals surface area contributed by atoms with Crippen LogP contribution >= 0.6 is 11.6 Å². The zero-order chi connectivity index (χ0) is 14.6. The quantitative estimate of drug-likeness (QED) is 0.793. The fourth-order valence-corrected chi connectivity index (χ4v) is 3.52. The van der Waals surface area contributed by atoms with Crippen molar-refractivity contribution < 1.29 is 8.42 Å². The van der Waals surface area contributed by atoms with E-state index in [9.17, 15) is 8.42 Å². The summed E-state index contributed by atoms with van der Waals surface area (Å²) in [4.78, 5) is 0.121. The lowest BCUT2D eigenvalue weighted by Crippen LogP contribution is -2.34. The summed E-state index contributed by atoms with van der Waals surface area (Å²) in [6, 6.07) is 2.83. The van der Waals surface area contributed by atoms with E-state index in [1.807, 2.05) is 13.8 Å². The SMILES string of the molecule is CCCC(CC)NS(=O)(=O)c1cc(N)c(C)c(Cl)c1. The molecule has 0 aliphatic carbocycles. The van der Waals surface area contributed by atoms with E-state index in [1.54, 1.807) is 6.92 Å². The monoisotopic (exact) mass is 304 g/mol. The van der Waals surface area contributed by atoms with E-state index in [0.717, 1.165) is 19.3 Å². The molecule has 0 aromatic heterocycles. The summed E-state index contributed by atoms with van der Waals surface area (Å²) in [5.74, 6) is 0. The number of anilines is 1. The van der Waals surface area contributed by atoms with Crippen LogP contribution in [0.5, 0.6) is 0 Å². The number of nitrogens with two attached hydrogens (primary N) is 1. The van der Waals surface area contributed by atoms with Gasteiger partial charge in [-0.15, -0.1) is 0 Å². The van der Waals surface area contributed by atoms with Crippen LogP contribution in [0.4, 0.5) is 5.69 Å². The van der Waals surface area contributed by atoms with Gasteiger partial charge in [0.15, 0.2) is 0 Å². The highest BCUT2D eigenvalue weighted by Crippen LogP contribution is 2.26. The number of nitrogens with one attached hydrogen (secondary N) is 1. The Labute approximate surface area is 120 Å². The van der Waals surface area contributed by atoms with E-state index in [4.69, 9.17) is 17.3 Å².